The van der Waals surface area contributed by atoms with Crippen LogP contribution in [0.2, 0.25) is 0 Å². The van der Waals surface area contributed by atoms with E-state index in [4.69, 9.17) is 5.73 Å². The molecule has 1 fully saturated rings. The SMILES string of the molecule is C=C([C@@H](CCCCN)C(C)(C)C)N1C[C@H](C)CC1C. The van der Waals surface area contributed by atoms with Crippen molar-refractivity contribution in [2.45, 2.75) is 66.3 Å². The maximum Gasteiger partial charge on any atom is 0.0261 e. The highest BCUT2D eigenvalue weighted by atomic mass is 15.2. The number of hydrogen-bond acceptors (Lipinski definition) is 2. The Bertz CT molecular complexity index is 290. The van der Waals surface area contributed by atoms with Gasteiger partial charge in [0.25, 0.3) is 0 Å². The van der Waals surface area contributed by atoms with Crippen molar-refractivity contribution in [1.29, 1.82) is 0 Å². The van der Waals surface area contributed by atoms with Gasteiger partial charge in [0, 0.05) is 24.2 Å². The fourth-order valence-corrected chi connectivity index (χ4v) is 3.49. The van der Waals surface area contributed by atoms with E-state index in [1.54, 1.807) is 0 Å². The third-order valence-corrected chi connectivity index (χ3v) is 4.55. The highest BCUT2D eigenvalue weighted by Crippen LogP contribution is 2.39. The van der Waals surface area contributed by atoms with E-state index in [0.29, 0.717) is 12.0 Å². The number of hydrogen-bond donors (Lipinski definition) is 1. The van der Waals surface area contributed by atoms with Crippen molar-refractivity contribution in [3.8, 4) is 0 Å². The van der Waals surface area contributed by atoms with Crippen molar-refractivity contribution < 1.29 is 0 Å². The summed E-state index contributed by atoms with van der Waals surface area (Å²) < 4.78 is 0. The molecular formula is C17H34N2. The van der Waals surface area contributed by atoms with Crippen molar-refractivity contribution in [1.82, 2.24) is 4.90 Å². The summed E-state index contributed by atoms with van der Waals surface area (Å²) >= 11 is 0. The molecule has 2 N–H and O–H groups in total. The summed E-state index contributed by atoms with van der Waals surface area (Å²) in [5.41, 5.74) is 7.28. The first-order valence-electron chi connectivity index (χ1n) is 7.92. The van der Waals surface area contributed by atoms with Crippen molar-refractivity contribution in [3.05, 3.63) is 12.3 Å². The van der Waals surface area contributed by atoms with E-state index < -0.39 is 0 Å². The van der Waals surface area contributed by atoms with E-state index in [1.807, 2.05) is 0 Å². The van der Waals surface area contributed by atoms with E-state index in [1.165, 1.54) is 31.5 Å². The first kappa shape index (κ1) is 16.6. The van der Waals surface area contributed by atoms with Crippen LogP contribution in [0, 0.1) is 17.3 Å². The average Bonchev–Trinajstić information content (AvgIpc) is 2.61. The van der Waals surface area contributed by atoms with Crippen molar-refractivity contribution in [3.63, 3.8) is 0 Å². The lowest BCUT2D eigenvalue weighted by molar-refractivity contribution is 0.190. The van der Waals surface area contributed by atoms with Gasteiger partial charge in [-0.05, 0) is 44.1 Å². The predicted octanol–water partition coefficient (Wildman–Crippen LogP) is 4.02. The van der Waals surface area contributed by atoms with Gasteiger partial charge in [-0.3, -0.25) is 0 Å². The quantitative estimate of drug-likeness (QED) is 0.736. The zero-order valence-electron chi connectivity index (χ0n) is 13.7. The number of rotatable bonds is 6. The minimum atomic E-state index is 0.289. The van der Waals surface area contributed by atoms with Gasteiger partial charge in [0.1, 0.15) is 0 Å². The third kappa shape index (κ3) is 4.52. The molecule has 1 aliphatic heterocycles. The van der Waals surface area contributed by atoms with Crippen LogP contribution in [-0.2, 0) is 0 Å². The molecule has 0 saturated carbocycles. The molecule has 0 amide bonds. The molecule has 1 unspecified atom stereocenters. The molecule has 1 saturated heterocycles. The maximum atomic E-state index is 5.63. The largest absolute Gasteiger partial charge is 0.372 e. The minimum Gasteiger partial charge on any atom is -0.372 e. The topological polar surface area (TPSA) is 29.3 Å². The standard InChI is InChI=1S/C17H34N2/c1-13-11-14(2)19(12-13)15(3)16(17(4,5)6)9-7-8-10-18/h13-14,16H,3,7-12,18H2,1-2,4-6H3/t13-,14?,16-/m1/s1. The number of nitrogens with zero attached hydrogens (tertiary/aromatic N) is 1. The molecule has 3 atom stereocenters. The van der Waals surface area contributed by atoms with E-state index >= 15 is 0 Å². The van der Waals surface area contributed by atoms with E-state index in [2.05, 4.69) is 46.1 Å². The molecule has 112 valence electrons. The van der Waals surface area contributed by atoms with E-state index in [-0.39, 0.29) is 5.41 Å². The van der Waals surface area contributed by atoms with Gasteiger partial charge in [0.05, 0.1) is 0 Å². The average molecular weight is 266 g/mol. The summed E-state index contributed by atoms with van der Waals surface area (Å²) in [5.74, 6) is 1.38. The molecule has 2 nitrogen and oxygen atoms in total. The van der Waals surface area contributed by atoms with Crippen molar-refractivity contribution >= 4 is 0 Å². The van der Waals surface area contributed by atoms with Crippen LogP contribution < -0.4 is 5.73 Å². The lowest BCUT2D eigenvalue weighted by atomic mass is 9.75. The fourth-order valence-electron chi connectivity index (χ4n) is 3.49. The van der Waals surface area contributed by atoms with Gasteiger partial charge in [-0.1, -0.05) is 40.7 Å². The highest BCUT2D eigenvalue weighted by molar-refractivity contribution is 5.08. The number of unbranched alkanes of at least 4 members (excludes halogenated alkanes) is 1. The van der Waals surface area contributed by atoms with Gasteiger partial charge >= 0.3 is 0 Å². The molecule has 19 heavy (non-hydrogen) atoms. The highest BCUT2D eigenvalue weighted by Gasteiger charge is 2.34. The molecule has 2 heteroatoms. The van der Waals surface area contributed by atoms with Crippen molar-refractivity contribution in [2.75, 3.05) is 13.1 Å². The Balaban J connectivity index is 2.71. The second kappa shape index (κ2) is 6.78. The number of likely N-dealkylation sites (tertiary alicyclic amines) is 1. The minimum absolute atomic E-state index is 0.289. The molecule has 0 radical (unpaired) electrons. The zero-order chi connectivity index (χ0) is 14.6. The van der Waals surface area contributed by atoms with Crippen LogP contribution >= 0.6 is 0 Å². The van der Waals surface area contributed by atoms with Crippen LogP contribution in [0.5, 0.6) is 0 Å². The third-order valence-electron chi connectivity index (χ3n) is 4.55. The summed E-state index contributed by atoms with van der Waals surface area (Å²) in [6.45, 7) is 18.2. The fraction of sp³-hybridized carbons (Fsp3) is 0.882. The molecule has 1 rings (SSSR count). The molecule has 1 aliphatic rings. The second-order valence-corrected chi connectivity index (χ2v) is 7.54. The predicted molar refractivity (Wildman–Crippen MR) is 84.9 cm³/mol. The van der Waals surface area contributed by atoms with E-state index in [9.17, 15) is 0 Å². The van der Waals surface area contributed by atoms with Crippen LogP contribution in [0.1, 0.15) is 60.3 Å². The summed E-state index contributed by atoms with van der Waals surface area (Å²) in [6.07, 6.45) is 4.87. The first-order valence-corrected chi connectivity index (χ1v) is 7.92. The van der Waals surface area contributed by atoms with Gasteiger partial charge in [-0.25, -0.2) is 0 Å². The summed E-state index contributed by atoms with van der Waals surface area (Å²) in [6, 6.07) is 0.654. The Labute approximate surface area is 120 Å². The molecule has 0 bridgehead atoms. The molecule has 0 aromatic rings. The molecule has 0 aromatic heterocycles. The number of allylic oxidation sites excluding steroid dienone is 1. The van der Waals surface area contributed by atoms with Gasteiger partial charge in [0.2, 0.25) is 0 Å². The Morgan fingerprint density at radius 1 is 1.32 bits per heavy atom. The van der Waals surface area contributed by atoms with Gasteiger partial charge in [-0.15, -0.1) is 0 Å². The molecule has 0 aliphatic carbocycles. The van der Waals surface area contributed by atoms with E-state index in [0.717, 1.165) is 18.9 Å². The second-order valence-electron chi connectivity index (χ2n) is 7.54. The Morgan fingerprint density at radius 2 is 1.95 bits per heavy atom. The van der Waals surface area contributed by atoms with Crippen LogP contribution in [-0.4, -0.2) is 24.0 Å². The molecule has 0 spiro atoms. The smallest absolute Gasteiger partial charge is 0.0261 e. The maximum absolute atomic E-state index is 5.63. The molecule has 1 heterocycles. The van der Waals surface area contributed by atoms with Crippen LogP contribution in [0.25, 0.3) is 0 Å². The normalized spacial score (nSPS) is 25.7. The van der Waals surface area contributed by atoms with Crippen LogP contribution in [0.15, 0.2) is 12.3 Å². The monoisotopic (exact) mass is 266 g/mol. The Morgan fingerprint density at radius 3 is 2.37 bits per heavy atom. The summed E-state index contributed by atoms with van der Waals surface area (Å²) in [5, 5.41) is 0. The van der Waals surface area contributed by atoms with Gasteiger partial charge in [0.15, 0.2) is 0 Å². The van der Waals surface area contributed by atoms with Gasteiger partial charge < -0.3 is 10.6 Å². The number of nitrogens with two attached hydrogens (primary N) is 1. The molecular weight excluding hydrogens is 232 g/mol. The lowest BCUT2D eigenvalue weighted by Gasteiger charge is -2.39. The van der Waals surface area contributed by atoms with Crippen LogP contribution in [0.3, 0.4) is 0 Å². The summed E-state index contributed by atoms with van der Waals surface area (Å²) in [7, 11) is 0. The Hall–Kier alpha value is -0.500. The molecule has 0 aromatic carbocycles. The Kier molecular flexibility index (Phi) is 5.91. The van der Waals surface area contributed by atoms with Crippen LogP contribution in [0.4, 0.5) is 0 Å². The summed E-state index contributed by atoms with van der Waals surface area (Å²) in [4.78, 5) is 2.56. The lowest BCUT2D eigenvalue weighted by Crippen LogP contribution is -2.35. The zero-order valence-corrected chi connectivity index (χ0v) is 13.7. The first-order chi connectivity index (χ1) is 8.77. The van der Waals surface area contributed by atoms with Crippen molar-refractivity contribution in [2.24, 2.45) is 23.0 Å². The van der Waals surface area contributed by atoms with Gasteiger partial charge in [-0.2, -0.15) is 0 Å².